The Labute approximate surface area is 176 Å². The number of carbonyl (C=O) groups excluding carboxylic acids is 3. The summed E-state index contributed by atoms with van der Waals surface area (Å²) in [5, 5.41) is 0. The zero-order valence-corrected chi connectivity index (χ0v) is 17.4. The van der Waals surface area contributed by atoms with Crippen LogP contribution in [-0.2, 0) is 14.3 Å². The summed E-state index contributed by atoms with van der Waals surface area (Å²) in [6.07, 6.45) is 1.68. The van der Waals surface area contributed by atoms with Crippen LogP contribution in [0.25, 0.3) is 5.70 Å². The van der Waals surface area contributed by atoms with E-state index in [4.69, 9.17) is 4.74 Å². The minimum Gasteiger partial charge on any atom is -0.465 e. The number of esters is 1. The number of carbonyl (C=O) groups is 3. The van der Waals surface area contributed by atoms with Gasteiger partial charge in [-0.25, -0.2) is 0 Å². The molecule has 1 atom stereocenters. The molecule has 156 valence electrons. The Morgan fingerprint density at radius 1 is 1.00 bits per heavy atom. The predicted molar refractivity (Wildman–Crippen MR) is 114 cm³/mol. The third kappa shape index (κ3) is 4.43. The smallest absolute Gasteiger partial charge is 0.326 e. The molecule has 1 aliphatic heterocycles. The molecule has 2 aromatic rings. The summed E-state index contributed by atoms with van der Waals surface area (Å²) in [6.45, 7) is 5.53. The van der Waals surface area contributed by atoms with Crippen molar-refractivity contribution >= 4 is 23.5 Å². The summed E-state index contributed by atoms with van der Waals surface area (Å²) in [4.78, 5) is 41.9. The van der Waals surface area contributed by atoms with Crippen LogP contribution in [0.5, 0.6) is 0 Å². The molecule has 0 unspecified atom stereocenters. The maximum Gasteiger partial charge on any atom is 0.326 e. The van der Waals surface area contributed by atoms with Crippen molar-refractivity contribution in [2.45, 2.75) is 26.8 Å². The van der Waals surface area contributed by atoms with E-state index >= 15 is 0 Å². The van der Waals surface area contributed by atoms with Gasteiger partial charge in [0.1, 0.15) is 12.6 Å². The second-order valence-corrected chi connectivity index (χ2v) is 7.38. The van der Waals surface area contributed by atoms with Gasteiger partial charge in [-0.15, -0.1) is 0 Å². The number of nitrogens with zero attached hydrogens (tertiary/aromatic N) is 2. The van der Waals surface area contributed by atoms with Crippen molar-refractivity contribution in [2.24, 2.45) is 5.92 Å². The molecule has 3 rings (SSSR count). The van der Waals surface area contributed by atoms with Gasteiger partial charge in [0, 0.05) is 11.8 Å². The molecule has 0 aromatic heterocycles. The molecule has 0 bridgehead atoms. The molecule has 2 amide bonds. The SMILES string of the molecule is CCOC(=O)CN1C(=O)[C@@H](C(C)C)N(C(=O)c2ccccc2)C=C1c1ccccc1. The third-order valence-electron chi connectivity index (χ3n) is 4.92. The highest BCUT2D eigenvalue weighted by Crippen LogP contribution is 2.31. The van der Waals surface area contributed by atoms with Crippen LogP contribution < -0.4 is 0 Å². The molecular weight excluding hydrogens is 380 g/mol. The monoisotopic (exact) mass is 406 g/mol. The van der Waals surface area contributed by atoms with Crippen LogP contribution in [0.4, 0.5) is 0 Å². The molecule has 0 radical (unpaired) electrons. The standard InChI is InChI=1S/C24H26N2O4/c1-4-30-21(27)16-25-20(18-11-7-5-8-12-18)15-26(22(17(2)3)24(25)29)23(28)19-13-9-6-10-14-19/h5-15,17,22H,4,16H2,1-3H3/t22-/m1/s1. The number of amides is 2. The summed E-state index contributed by atoms with van der Waals surface area (Å²) < 4.78 is 5.08. The number of hydrogen-bond donors (Lipinski definition) is 0. The zero-order valence-electron chi connectivity index (χ0n) is 17.4. The summed E-state index contributed by atoms with van der Waals surface area (Å²) >= 11 is 0. The van der Waals surface area contributed by atoms with Crippen molar-refractivity contribution in [2.75, 3.05) is 13.2 Å². The van der Waals surface area contributed by atoms with Crippen molar-refractivity contribution in [3.8, 4) is 0 Å². The average molecular weight is 406 g/mol. The van der Waals surface area contributed by atoms with E-state index in [0.717, 1.165) is 5.56 Å². The van der Waals surface area contributed by atoms with E-state index < -0.39 is 12.0 Å². The molecule has 6 nitrogen and oxygen atoms in total. The van der Waals surface area contributed by atoms with Gasteiger partial charge in [0.15, 0.2) is 0 Å². The molecule has 0 saturated heterocycles. The molecule has 0 aliphatic carbocycles. The Kier molecular flexibility index (Phi) is 6.67. The van der Waals surface area contributed by atoms with Gasteiger partial charge in [0.2, 0.25) is 0 Å². The number of rotatable bonds is 6. The molecule has 6 heteroatoms. The molecule has 30 heavy (non-hydrogen) atoms. The zero-order chi connectivity index (χ0) is 21.7. The topological polar surface area (TPSA) is 66.9 Å². The Morgan fingerprint density at radius 3 is 2.17 bits per heavy atom. The molecule has 2 aromatic carbocycles. The van der Waals surface area contributed by atoms with E-state index in [1.54, 1.807) is 37.4 Å². The van der Waals surface area contributed by atoms with Crippen molar-refractivity contribution < 1.29 is 19.1 Å². The van der Waals surface area contributed by atoms with Crippen molar-refractivity contribution in [3.05, 3.63) is 78.0 Å². The maximum atomic E-state index is 13.5. The van der Waals surface area contributed by atoms with E-state index in [0.29, 0.717) is 11.3 Å². The van der Waals surface area contributed by atoms with Crippen molar-refractivity contribution in [1.29, 1.82) is 0 Å². The fourth-order valence-electron chi connectivity index (χ4n) is 3.54. The van der Waals surface area contributed by atoms with Gasteiger partial charge in [0.25, 0.3) is 11.8 Å². The quantitative estimate of drug-likeness (QED) is 0.688. The van der Waals surface area contributed by atoms with E-state index in [-0.39, 0.29) is 30.9 Å². The Bertz CT molecular complexity index is 938. The molecule has 0 saturated carbocycles. The van der Waals surface area contributed by atoms with Gasteiger partial charge in [0.05, 0.1) is 12.3 Å². The minimum atomic E-state index is -0.723. The fourth-order valence-corrected chi connectivity index (χ4v) is 3.54. The summed E-state index contributed by atoms with van der Waals surface area (Å²) in [6, 6.07) is 17.4. The first kappa shape index (κ1) is 21.3. The lowest BCUT2D eigenvalue weighted by Gasteiger charge is -2.40. The minimum absolute atomic E-state index is 0.150. The summed E-state index contributed by atoms with van der Waals surface area (Å²) in [5.41, 5.74) is 1.73. The molecule has 1 aliphatic rings. The second-order valence-electron chi connectivity index (χ2n) is 7.38. The highest BCUT2D eigenvalue weighted by Gasteiger charge is 2.41. The van der Waals surface area contributed by atoms with Crippen LogP contribution in [0.2, 0.25) is 0 Å². The van der Waals surface area contributed by atoms with Crippen LogP contribution in [0.3, 0.4) is 0 Å². The maximum absolute atomic E-state index is 13.5. The van der Waals surface area contributed by atoms with Gasteiger partial charge in [-0.05, 0) is 30.5 Å². The Hall–Kier alpha value is -3.41. The van der Waals surface area contributed by atoms with Crippen LogP contribution in [0.15, 0.2) is 66.9 Å². The Balaban J connectivity index is 2.10. The van der Waals surface area contributed by atoms with Gasteiger partial charge in [-0.2, -0.15) is 0 Å². The molecule has 1 heterocycles. The number of benzene rings is 2. The first-order valence-corrected chi connectivity index (χ1v) is 10.1. The van der Waals surface area contributed by atoms with E-state index in [1.165, 1.54) is 9.80 Å². The lowest BCUT2D eigenvalue weighted by molar-refractivity contribution is -0.148. The average Bonchev–Trinajstić information content (AvgIpc) is 2.75. The first-order chi connectivity index (χ1) is 14.4. The van der Waals surface area contributed by atoms with Crippen LogP contribution in [0, 0.1) is 5.92 Å². The van der Waals surface area contributed by atoms with Gasteiger partial charge in [-0.1, -0.05) is 62.4 Å². The van der Waals surface area contributed by atoms with Crippen LogP contribution in [-0.4, -0.2) is 46.8 Å². The highest BCUT2D eigenvalue weighted by molar-refractivity contribution is 6.03. The number of ether oxygens (including phenoxy) is 1. The van der Waals surface area contributed by atoms with Crippen molar-refractivity contribution in [1.82, 2.24) is 9.80 Å². The van der Waals surface area contributed by atoms with Crippen molar-refractivity contribution in [3.63, 3.8) is 0 Å². The van der Waals surface area contributed by atoms with Gasteiger partial charge in [-0.3, -0.25) is 19.3 Å². The van der Waals surface area contributed by atoms with Gasteiger partial charge < -0.3 is 9.64 Å². The van der Waals surface area contributed by atoms with E-state index in [9.17, 15) is 14.4 Å². The third-order valence-corrected chi connectivity index (χ3v) is 4.92. The van der Waals surface area contributed by atoms with Gasteiger partial charge >= 0.3 is 5.97 Å². The molecular formula is C24H26N2O4. The lowest BCUT2D eigenvalue weighted by Crippen LogP contribution is -2.55. The molecule has 0 N–H and O–H groups in total. The largest absolute Gasteiger partial charge is 0.465 e. The lowest BCUT2D eigenvalue weighted by atomic mass is 9.96. The molecule has 0 spiro atoms. The highest BCUT2D eigenvalue weighted by atomic mass is 16.5. The predicted octanol–water partition coefficient (Wildman–Crippen LogP) is 3.56. The van der Waals surface area contributed by atoms with Crippen LogP contribution in [0.1, 0.15) is 36.7 Å². The normalized spacial score (nSPS) is 16.5. The second kappa shape index (κ2) is 9.39. The van der Waals surface area contributed by atoms with Crippen LogP contribution >= 0.6 is 0 Å². The number of hydrogen-bond acceptors (Lipinski definition) is 4. The fraction of sp³-hybridized carbons (Fsp3) is 0.292. The molecule has 0 fully saturated rings. The Morgan fingerprint density at radius 2 is 1.60 bits per heavy atom. The van der Waals surface area contributed by atoms with E-state index in [2.05, 4.69) is 0 Å². The van der Waals surface area contributed by atoms with E-state index in [1.807, 2.05) is 50.2 Å². The first-order valence-electron chi connectivity index (χ1n) is 10.1. The summed E-state index contributed by atoms with van der Waals surface area (Å²) in [7, 11) is 0. The summed E-state index contributed by atoms with van der Waals surface area (Å²) in [5.74, 6) is -1.20.